The molecule has 3 unspecified atom stereocenters. The van der Waals surface area contributed by atoms with Crippen molar-refractivity contribution in [2.24, 2.45) is 0 Å². The minimum Gasteiger partial charge on any atom is -0.465 e. The minimum absolute atomic E-state index is 0.179. The Labute approximate surface area is 103 Å². The lowest BCUT2D eigenvalue weighted by molar-refractivity contribution is -0.147. The molecule has 5 nitrogen and oxygen atoms in total. The van der Waals surface area contributed by atoms with Gasteiger partial charge in [0.1, 0.15) is 6.04 Å². The molecule has 1 aliphatic rings. The van der Waals surface area contributed by atoms with E-state index < -0.39 is 0 Å². The average Bonchev–Trinajstić information content (AvgIpc) is 2.24. The van der Waals surface area contributed by atoms with Crippen molar-refractivity contribution in [1.29, 1.82) is 0 Å². The van der Waals surface area contributed by atoms with E-state index in [1.54, 1.807) is 7.05 Å². The maximum Gasteiger partial charge on any atom is 0.324 e. The summed E-state index contributed by atoms with van der Waals surface area (Å²) in [7, 11) is 1.79. The second-order valence-electron chi connectivity index (χ2n) is 4.57. The molecule has 0 aliphatic carbocycles. The Balaban J connectivity index is 2.47. The number of morpholine rings is 1. The average molecular weight is 244 g/mol. The zero-order chi connectivity index (χ0) is 12.8. The molecule has 17 heavy (non-hydrogen) atoms. The Hall–Kier alpha value is -0.650. The molecule has 3 atom stereocenters. The number of rotatable bonds is 5. The van der Waals surface area contributed by atoms with Crippen LogP contribution in [0.2, 0.25) is 0 Å². The highest BCUT2D eigenvalue weighted by atomic mass is 16.5. The van der Waals surface area contributed by atoms with E-state index in [-0.39, 0.29) is 24.2 Å². The van der Waals surface area contributed by atoms with Gasteiger partial charge in [-0.05, 0) is 27.8 Å². The zero-order valence-corrected chi connectivity index (χ0v) is 11.2. The van der Waals surface area contributed by atoms with Crippen LogP contribution in [0.3, 0.4) is 0 Å². The van der Waals surface area contributed by atoms with Crippen LogP contribution in [-0.4, -0.2) is 62.4 Å². The molecule has 1 N–H and O–H groups in total. The van der Waals surface area contributed by atoms with Gasteiger partial charge in [-0.3, -0.25) is 9.69 Å². The van der Waals surface area contributed by atoms with E-state index in [9.17, 15) is 4.79 Å². The van der Waals surface area contributed by atoms with Gasteiger partial charge in [0.2, 0.25) is 0 Å². The lowest BCUT2D eigenvalue weighted by atomic mass is 10.2. The predicted octanol–water partition coefficient (Wildman–Crippen LogP) is 0.247. The molecule has 0 bridgehead atoms. The first-order valence-corrected chi connectivity index (χ1v) is 6.28. The van der Waals surface area contributed by atoms with Crippen LogP contribution in [0.1, 0.15) is 20.8 Å². The first-order chi connectivity index (χ1) is 8.06. The third-order valence-electron chi connectivity index (χ3n) is 2.86. The highest BCUT2D eigenvalue weighted by Crippen LogP contribution is 2.11. The molecular formula is C12H24N2O3. The van der Waals surface area contributed by atoms with Crippen LogP contribution in [-0.2, 0) is 14.3 Å². The molecule has 0 aromatic carbocycles. The first-order valence-electron chi connectivity index (χ1n) is 6.28. The van der Waals surface area contributed by atoms with E-state index in [2.05, 4.69) is 24.1 Å². The fourth-order valence-electron chi connectivity index (χ4n) is 2.22. The Morgan fingerprint density at radius 1 is 1.47 bits per heavy atom. The molecule has 0 aromatic rings. The molecule has 0 saturated carbocycles. The Morgan fingerprint density at radius 3 is 2.53 bits per heavy atom. The second kappa shape index (κ2) is 6.93. The lowest BCUT2D eigenvalue weighted by Crippen LogP contribution is -2.52. The maximum atomic E-state index is 11.7. The van der Waals surface area contributed by atoms with Gasteiger partial charge in [0.25, 0.3) is 0 Å². The van der Waals surface area contributed by atoms with Crippen molar-refractivity contribution >= 4 is 5.97 Å². The molecule has 100 valence electrons. The largest absolute Gasteiger partial charge is 0.465 e. The van der Waals surface area contributed by atoms with Gasteiger partial charge in [0.05, 0.1) is 18.8 Å². The van der Waals surface area contributed by atoms with E-state index in [0.29, 0.717) is 13.2 Å². The van der Waals surface area contributed by atoms with Gasteiger partial charge >= 0.3 is 5.97 Å². The molecule has 0 aromatic heterocycles. The summed E-state index contributed by atoms with van der Waals surface area (Å²) in [6.07, 6.45) is 0.442. The van der Waals surface area contributed by atoms with Crippen LogP contribution in [0.5, 0.6) is 0 Å². The molecule has 0 amide bonds. The van der Waals surface area contributed by atoms with E-state index in [1.165, 1.54) is 0 Å². The van der Waals surface area contributed by atoms with Crippen molar-refractivity contribution in [2.75, 3.05) is 33.3 Å². The first kappa shape index (κ1) is 14.4. The van der Waals surface area contributed by atoms with Gasteiger partial charge in [0, 0.05) is 19.6 Å². The van der Waals surface area contributed by atoms with Crippen LogP contribution in [0.15, 0.2) is 0 Å². The van der Waals surface area contributed by atoms with Crippen molar-refractivity contribution in [3.8, 4) is 0 Å². The van der Waals surface area contributed by atoms with Crippen LogP contribution >= 0.6 is 0 Å². The predicted molar refractivity (Wildman–Crippen MR) is 65.9 cm³/mol. The molecular weight excluding hydrogens is 220 g/mol. The Kier molecular flexibility index (Phi) is 5.88. The van der Waals surface area contributed by atoms with Gasteiger partial charge in [-0.25, -0.2) is 0 Å². The van der Waals surface area contributed by atoms with E-state index in [0.717, 1.165) is 13.1 Å². The van der Waals surface area contributed by atoms with Crippen molar-refractivity contribution in [2.45, 2.75) is 39.0 Å². The summed E-state index contributed by atoms with van der Waals surface area (Å²) in [5, 5.41) is 3.01. The van der Waals surface area contributed by atoms with Gasteiger partial charge < -0.3 is 14.8 Å². The van der Waals surface area contributed by atoms with E-state index in [1.807, 2.05) is 6.92 Å². The van der Waals surface area contributed by atoms with Gasteiger partial charge in [-0.15, -0.1) is 0 Å². The molecule has 0 spiro atoms. The highest BCUT2D eigenvalue weighted by Gasteiger charge is 2.27. The van der Waals surface area contributed by atoms with Crippen LogP contribution in [0.4, 0.5) is 0 Å². The Morgan fingerprint density at radius 2 is 2.06 bits per heavy atom. The zero-order valence-electron chi connectivity index (χ0n) is 11.2. The number of ether oxygens (including phenoxy) is 2. The maximum absolute atomic E-state index is 11.7. The van der Waals surface area contributed by atoms with Crippen LogP contribution < -0.4 is 5.32 Å². The number of hydrogen-bond acceptors (Lipinski definition) is 5. The highest BCUT2D eigenvalue weighted by molar-refractivity contribution is 5.76. The number of carbonyl (C=O) groups is 1. The molecule has 1 rings (SSSR count). The van der Waals surface area contributed by atoms with Crippen molar-refractivity contribution in [3.05, 3.63) is 0 Å². The summed E-state index contributed by atoms with van der Waals surface area (Å²) < 4.78 is 10.7. The minimum atomic E-state index is -0.257. The topological polar surface area (TPSA) is 50.8 Å². The van der Waals surface area contributed by atoms with Gasteiger partial charge in [0.15, 0.2) is 0 Å². The molecule has 1 aliphatic heterocycles. The van der Waals surface area contributed by atoms with E-state index >= 15 is 0 Å². The number of esters is 1. The van der Waals surface area contributed by atoms with Crippen LogP contribution in [0.25, 0.3) is 0 Å². The SMILES string of the molecule is CCOC(=O)C(CN1CC(C)OC(C)C1)NC. The number of likely N-dealkylation sites (N-methyl/N-ethyl adjacent to an activating group) is 1. The third kappa shape index (κ3) is 4.61. The molecule has 1 saturated heterocycles. The van der Waals surface area contributed by atoms with Crippen molar-refractivity contribution < 1.29 is 14.3 Å². The molecule has 1 fully saturated rings. The second-order valence-corrected chi connectivity index (χ2v) is 4.57. The fourth-order valence-corrected chi connectivity index (χ4v) is 2.22. The van der Waals surface area contributed by atoms with Crippen LogP contribution in [0, 0.1) is 0 Å². The smallest absolute Gasteiger partial charge is 0.324 e. The quantitative estimate of drug-likeness (QED) is 0.702. The van der Waals surface area contributed by atoms with Gasteiger partial charge in [-0.1, -0.05) is 0 Å². The Bertz CT molecular complexity index is 238. The van der Waals surface area contributed by atoms with E-state index in [4.69, 9.17) is 9.47 Å². The summed E-state index contributed by atoms with van der Waals surface area (Å²) in [5.41, 5.74) is 0. The number of nitrogens with zero attached hydrogens (tertiary/aromatic N) is 1. The van der Waals surface area contributed by atoms with Crippen molar-refractivity contribution in [3.63, 3.8) is 0 Å². The number of carbonyl (C=O) groups excluding carboxylic acids is 1. The number of nitrogens with one attached hydrogen (secondary N) is 1. The van der Waals surface area contributed by atoms with Gasteiger partial charge in [-0.2, -0.15) is 0 Å². The molecule has 5 heteroatoms. The standard InChI is InChI=1S/C12H24N2O3/c1-5-16-12(15)11(13-4)8-14-6-9(2)17-10(3)7-14/h9-11,13H,5-8H2,1-4H3. The number of hydrogen-bond donors (Lipinski definition) is 1. The van der Waals surface area contributed by atoms with Crippen molar-refractivity contribution in [1.82, 2.24) is 10.2 Å². The fraction of sp³-hybridized carbons (Fsp3) is 0.917. The summed E-state index contributed by atoms with van der Waals surface area (Å²) in [6, 6.07) is -0.257. The molecule has 1 heterocycles. The monoisotopic (exact) mass is 244 g/mol. The summed E-state index contributed by atoms with van der Waals surface area (Å²) >= 11 is 0. The third-order valence-corrected chi connectivity index (χ3v) is 2.86. The summed E-state index contributed by atoms with van der Waals surface area (Å²) in [5.74, 6) is -0.179. The summed E-state index contributed by atoms with van der Waals surface area (Å²) in [6.45, 7) is 8.76. The molecule has 0 radical (unpaired) electrons. The lowest BCUT2D eigenvalue weighted by Gasteiger charge is -2.36. The summed E-state index contributed by atoms with van der Waals surface area (Å²) in [4.78, 5) is 13.9. The normalized spacial score (nSPS) is 27.8.